The van der Waals surface area contributed by atoms with E-state index >= 15 is 0 Å². The van der Waals surface area contributed by atoms with E-state index in [1.54, 1.807) is 11.8 Å². The van der Waals surface area contributed by atoms with Crippen molar-refractivity contribution in [1.82, 2.24) is 4.90 Å². The molecule has 0 saturated carbocycles. The van der Waals surface area contributed by atoms with E-state index < -0.39 is 5.60 Å². The molecular formula is C15H21NO2S. The number of carbonyl (C=O) groups is 1. The van der Waals surface area contributed by atoms with Crippen molar-refractivity contribution in [3.8, 4) is 0 Å². The van der Waals surface area contributed by atoms with Crippen molar-refractivity contribution in [2.24, 2.45) is 0 Å². The minimum Gasteiger partial charge on any atom is -0.390 e. The molecule has 0 aromatic heterocycles. The Morgan fingerprint density at radius 3 is 2.79 bits per heavy atom. The van der Waals surface area contributed by atoms with Crippen molar-refractivity contribution in [3.05, 3.63) is 29.8 Å². The molecule has 0 aliphatic carbocycles. The van der Waals surface area contributed by atoms with Gasteiger partial charge in [-0.1, -0.05) is 12.1 Å². The summed E-state index contributed by atoms with van der Waals surface area (Å²) in [5.74, 6) is 0.0858. The zero-order valence-electron chi connectivity index (χ0n) is 11.6. The molecule has 1 fully saturated rings. The average molecular weight is 279 g/mol. The second-order valence-electron chi connectivity index (χ2n) is 5.34. The zero-order chi connectivity index (χ0) is 13.9. The van der Waals surface area contributed by atoms with Gasteiger partial charge in [0.05, 0.1) is 11.2 Å². The van der Waals surface area contributed by atoms with Crippen LogP contribution in [0.25, 0.3) is 0 Å². The first kappa shape index (κ1) is 14.4. The summed E-state index contributed by atoms with van der Waals surface area (Å²) in [7, 11) is 0. The lowest BCUT2D eigenvalue weighted by Crippen LogP contribution is -2.33. The van der Waals surface area contributed by atoms with Gasteiger partial charge in [-0.2, -0.15) is 0 Å². The summed E-state index contributed by atoms with van der Waals surface area (Å²) >= 11 is 1.60. The predicted molar refractivity (Wildman–Crippen MR) is 78.6 cm³/mol. The number of aliphatic hydroxyl groups is 1. The fourth-order valence-electron chi connectivity index (χ4n) is 2.46. The highest BCUT2D eigenvalue weighted by molar-refractivity contribution is 7.98. The molecule has 2 rings (SSSR count). The third kappa shape index (κ3) is 3.51. The predicted octanol–water partition coefficient (Wildman–Crippen LogP) is 2.79. The second kappa shape index (κ2) is 5.97. The van der Waals surface area contributed by atoms with Crippen LogP contribution in [0.2, 0.25) is 0 Å². The van der Waals surface area contributed by atoms with Crippen LogP contribution in [-0.4, -0.2) is 40.9 Å². The summed E-state index contributed by atoms with van der Waals surface area (Å²) in [5, 5.41) is 10.1. The first-order chi connectivity index (χ1) is 9.03. The third-order valence-electron chi connectivity index (χ3n) is 3.69. The van der Waals surface area contributed by atoms with Crippen LogP contribution in [0, 0.1) is 0 Å². The van der Waals surface area contributed by atoms with E-state index in [0.29, 0.717) is 13.0 Å². The SMILES string of the molecule is CSc1ccccc1C(=O)N1CCCC(C)(O)CC1. The number of likely N-dealkylation sites (tertiary alicyclic amines) is 1. The highest BCUT2D eigenvalue weighted by atomic mass is 32.2. The Morgan fingerprint density at radius 1 is 1.32 bits per heavy atom. The third-order valence-corrected chi connectivity index (χ3v) is 4.48. The van der Waals surface area contributed by atoms with Crippen molar-refractivity contribution < 1.29 is 9.90 Å². The van der Waals surface area contributed by atoms with E-state index in [2.05, 4.69) is 0 Å². The Bertz CT molecular complexity index is 459. The Kier molecular flexibility index (Phi) is 4.53. The molecule has 1 heterocycles. The first-order valence-corrected chi connectivity index (χ1v) is 7.91. The van der Waals surface area contributed by atoms with Gasteiger partial charge in [0.1, 0.15) is 0 Å². The Morgan fingerprint density at radius 2 is 2.05 bits per heavy atom. The quantitative estimate of drug-likeness (QED) is 0.846. The van der Waals surface area contributed by atoms with E-state index in [9.17, 15) is 9.90 Å². The van der Waals surface area contributed by atoms with Crippen LogP contribution in [0.5, 0.6) is 0 Å². The molecule has 1 N–H and O–H groups in total. The van der Waals surface area contributed by atoms with Crippen molar-refractivity contribution in [1.29, 1.82) is 0 Å². The Labute approximate surface area is 119 Å². The topological polar surface area (TPSA) is 40.5 Å². The van der Waals surface area contributed by atoms with Gasteiger partial charge in [-0.05, 0) is 44.6 Å². The van der Waals surface area contributed by atoms with E-state index in [1.807, 2.05) is 42.3 Å². The molecule has 4 heteroatoms. The Hall–Kier alpha value is -1.00. The smallest absolute Gasteiger partial charge is 0.254 e. The molecule has 1 atom stereocenters. The van der Waals surface area contributed by atoms with E-state index in [0.717, 1.165) is 29.8 Å². The normalized spacial score (nSPS) is 24.1. The highest BCUT2D eigenvalue weighted by Crippen LogP contribution is 2.25. The van der Waals surface area contributed by atoms with Gasteiger partial charge in [-0.25, -0.2) is 0 Å². The minimum absolute atomic E-state index is 0.0858. The van der Waals surface area contributed by atoms with Gasteiger partial charge in [-0.15, -0.1) is 11.8 Å². The molecule has 1 aliphatic rings. The summed E-state index contributed by atoms with van der Waals surface area (Å²) in [6.07, 6.45) is 4.26. The molecular weight excluding hydrogens is 258 g/mol. The lowest BCUT2D eigenvalue weighted by atomic mass is 9.98. The number of hydrogen-bond acceptors (Lipinski definition) is 3. The fourth-order valence-corrected chi connectivity index (χ4v) is 3.05. The van der Waals surface area contributed by atoms with Gasteiger partial charge < -0.3 is 10.0 Å². The van der Waals surface area contributed by atoms with Gasteiger partial charge in [0.25, 0.3) is 5.91 Å². The summed E-state index contributed by atoms with van der Waals surface area (Å²) in [4.78, 5) is 15.5. The molecule has 104 valence electrons. The number of hydrogen-bond donors (Lipinski definition) is 1. The van der Waals surface area contributed by atoms with E-state index in [1.165, 1.54) is 0 Å². The molecule has 0 spiro atoms. The Balaban J connectivity index is 2.15. The number of nitrogens with zero attached hydrogens (tertiary/aromatic N) is 1. The van der Waals surface area contributed by atoms with Crippen LogP contribution in [0.1, 0.15) is 36.5 Å². The monoisotopic (exact) mass is 279 g/mol. The number of carbonyl (C=O) groups excluding carboxylic acids is 1. The van der Waals surface area contributed by atoms with Crippen molar-refractivity contribution >= 4 is 17.7 Å². The van der Waals surface area contributed by atoms with Crippen LogP contribution >= 0.6 is 11.8 Å². The second-order valence-corrected chi connectivity index (χ2v) is 6.19. The van der Waals surface area contributed by atoms with Gasteiger partial charge in [0.15, 0.2) is 0 Å². The fraction of sp³-hybridized carbons (Fsp3) is 0.533. The molecule has 1 aromatic carbocycles. The molecule has 0 bridgehead atoms. The molecule has 1 saturated heterocycles. The van der Waals surface area contributed by atoms with Crippen molar-refractivity contribution in [3.63, 3.8) is 0 Å². The highest BCUT2D eigenvalue weighted by Gasteiger charge is 2.28. The number of rotatable bonds is 2. The van der Waals surface area contributed by atoms with E-state index in [-0.39, 0.29) is 5.91 Å². The summed E-state index contributed by atoms with van der Waals surface area (Å²) in [5.41, 5.74) is 0.144. The maximum absolute atomic E-state index is 12.6. The molecule has 1 aliphatic heterocycles. The van der Waals surface area contributed by atoms with Gasteiger partial charge in [-0.3, -0.25) is 4.79 Å². The molecule has 1 unspecified atom stereocenters. The largest absolute Gasteiger partial charge is 0.390 e. The van der Waals surface area contributed by atoms with Crippen LogP contribution in [-0.2, 0) is 0 Å². The summed E-state index contributed by atoms with van der Waals surface area (Å²) in [6.45, 7) is 3.23. The van der Waals surface area contributed by atoms with Gasteiger partial charge in [0.2, 0.25) is 0 Å². The maximum Gasteiger partial charge on any atom is 0.254 e. The first-order valence-electron chi connectivity index (χ1n) is 6.68. The number of thioether (sulfide) groups is 1. The lowest BCUT2D eigenvalue weighted by molar-refractivity contribution is 0.0437. The summed E-state index contributed by atoms with van der Waals surface area (Å²) < 4.78 is 0. The minimum atomic E-state index is -0.631. The number of benzene rings is 1. The van der Waals surface area contributed by atoms with E-state index in [4.69, 9.17) is 0 Å². The molecule has 1 aromatic rings. The maximum atomic E-state index is 12.6. The zero-order valence-corrected chi connectivity index (χ0v) is 12.4. The molecule has 0 radical (unpaired) electrons. The van der Waals surface area contributed by atoms with Gasteiger partial charge in [0, 0.05) is 18.0 Å². The molecule has 19 heavy (non-hydrogen) atoms. The van der Waals surface area contributed by atoms with Crippen LogP contribution in [0.3, 0.4) is 0 Å². The summed E-state index contributed by atoms with van der Waals surface area (Å²) in [6, 6.07) is 7.72. The number of amides is 1. The lowest BCUT2D eigenvalue weighted by Gasteiger charge is -2.23. The molecule has 1 amide bonds. The van der Waals surface area contributed by atoms with Crippen LogP contribution in [0.15, 0.2) is 29.2 Å². The van der Waals surface area contributed by atoms with Crippen LogP contribution < -0.4 is 0 Å². The molecule has 3 nitrogen and oxygen atoms in total. The average Bonchev–Trinajstić information content (AvgIpc) is 2.59. The van der Waals surface area contributed by atoms with Gasteiger partial charge >= 0.3 is 0 Å². The van der Waals surface area contributed by atoms with Crippen molar-refractivity contribution in [2.45, 2.75) is 36.7 Å². The van der Waals surface area contributed by atoms with Crippen molar-refractivity contribution in [2.75, 3.05) is 19.3 Å². The van der Waals surface area contributed by atoms with Crippen LogP contribution in [0.4, 0.5) is 0 Å². The standard InChI is InChI=1S/C15H21NO2S/c1-15(18)8-5-10-16(11-9-15)14(17)12-6-3-4-7-13(12)19-2/h3-4,6-7,18H,5,8-11H2,1-2H3.